The predicted molar refractivity (Wildman–Crippen MR) is 70.4 cm³/mol. The minimum Gasteiger partial charge on any atom is -0.494 e. The van der Waals surface area contributed by atoms with Crippen molar-refractivity contribution in [1.29, 1.82) is 0 Å². The van der Waals surface area contributed by atoms with E-state index < -0.39 is 18.0 Å². The van der Waals surface area contributed by atoms with E-state index in [-0.39, 0.29) is 18.6 Å². The van der Waals surface area contributed by atoms with E-state index in [1.807, 2.05) is 6.92 Å². The van der Waals surface area contributed by atoms with Gasteiger partial charge in [-0.25, -0.2) is 4.79 Å². The molecule has 1 heterocycles. The monoisotopic (exact) mass is 293 g/mol. The molecule has 2 amide bonds. The van der Waals surface area contributed by atoms with E-state index in [4.69, 9.17) is 9.47 Å². The van der Waals surface area contributed by atoms with Crippen LogP contribution in [0.4, 0.5) is 4.79 Å². The van der Waals surface area contributed by atoms with Crippen molar-refractivity contribution in [2.24, 2.45) is 0 Å². The maximum Gasteiger partial charge on any atom is 0.539 e. The van der Waals surface area contributed by atoms with Gasteiger partial charge < -0.3 is 9.47 Å². The highest BCUT2D eigenvalue weighted by Gasteiger charge is 2.33. The summed E-state index contributed by atoms with van der Waals surface area (Å²) in [6.07, 6.45) is -0.172. The summed E-state index contributed by atoms with van der Waals surface area (Å²) in [6, 6.07) is 6.34. The van der Waals surface area contributed by atoms with Gasteiger partial charge in [0.25, 0.3) is 11.8 Å². The predicted octanol–water partition coefficient (Wildman–Crippen LogP) is 2.05. The molecule has 1 aliphatic heterocycles. The van der Waals surface area contributed by atoms with E-state index in [2.05, 4.69) is 4.84 Å². The Kier molecular flexibility index (Phi) is 4.76. The van der Waals surface area contributed by atoms with Crippen molar-refractivity contribution in [3.05, 3.63) is 24.3 Å². The van der Waals surface area contributed by atoms with E-state index in [9.17, 15) is 14.4 Å². The van der Waals surface area contributed by atoms with Gasteiger partial charge in [-0.2, -0.15) is 0 Å². The average Bonchev–Trinajstić information content (AvgIpc) is 2.78. The molecule has 0 radical (unpaired) electrons. The number of hydrogen-bond acceptors (Lipinski definition) is 6. The molecule has 0 saturated carbocycles. The molecule has 1 saturated heterocycles. The van der Waals surface area contributed by atoms with E-state index >= 15 is 0 Å². The topological polar surface area (TPSA) is 82.1 Å². The average molecular weight is 293 g/mol. The maximum absolute atomic E-state index is 11.5. The molecule has 0 aliphatic carbocycles. The largest absolute Gasteiger partial charge is 0.539 e. The lowest BCUT2D eigenvalue weighted by atomic mass is 10.3. The third kappa shape index (κ3) is 3.95. The van der Waals surface area contributed by atoms with Crippen molar-refractivity contribution in [1.82, 2.24) is 5.06 Å². The second kappa shape index (κ2) is 6.74. The third-order valence-corrected chi connectivity index (χ3v) is 2.67. The van der Waals surface area contributed by atoms with E-state index in [0.29, 0.717) is 17.4 Å². The van der Waals surface area contributed by atoms with Crippen LogP contribution in [-0.2, 0) is 14.4 Å². The Labute approximate surface area is 121 Å². The lowest BCUT2D eigenvalue weighted by Gasteiger charge is -2.12. The first-order valence-electron chi connectivity index (χ1n) is 6.58. The molecule has 1 aromatic rings. The summed E-state index contributed by atoms with van der Waals surface area (Å²) in [5, 5.41) is 0.432. The number of hydroxylamine groups is 2. The molecular formula is C14H15NO6. The fraction of sp³-hybridized carbons (Fsp3) is 0.357. The molecular weight excluding hydrogens is 278 g/mol. The first-order chi connectivity index (χ1) is 10.1. The molecule has 7 heteroatoms. The van der Waals surface area contributed by atoms with Crippen LogP contribution in [0.5, 0.6) is 11.5 Å². The first kappa shape index (κ1) is 14.8. The number of ether oxygens (including phenoxy) is 2. The van der Waals surface area contributed by atoms with Gasteiger partial charge in [0, 0.05) is 12.8 Å². The number of hydrogen-bond donors (Lipinski definition) is 0. The molecule has 0 N–H and O–H groups in total. The second-order valence-corrected chi connectivity index (χ2v) is 4.35. The Morgan fingerprint density at radius 1 is 1.10 bits per heavy atom. The fourth-order valence-electron chi connectivity index (χ4n) is 1.67. The first-order valence-corrected chi connectivity index (χ1v) is 6.58. The summed E-state index contributed by atoms with van der Waals surface area (Å²) in [5.41, 5.74) is 0. The van der Waals surface area contributed by atoms with Gasteiger partial charge >= 0.3 is 6.16 Å². The van der Waals surface area contributed by atoms with Crippen LogP contribution in [0.15, 0.2) is 24.3 Å². The fourth-order valence-corrected chi connectivity index (χ4v) is 1.67. The maximum atomic E-state index is 11.5. The quantitative estimate of drug-likeness (QED) is 0.469. The third-order valence-electron chi connectivity index (χ3n) is 2.67. The van der Waals surface area contributed by atoms with Gasteiger partial charge in [-0.3, -0.25) is 14.4 Å². The molecule has 1 aromatic carbocycles. The van der Waals surface area contributed by atoms with Gasteiger partial charge in [0.1, 0.15) is 11.5 Å². The molecule has 0 atom stereocenters. The Hall–Kier alpha value is -2.57. The van der Waals surface area contributed by atoms with Gasteiger partial charge in [-0.1, -0.05) is 12.0 Å². The number of imide groups is 1. The molecule has 112 valence electrons. The van der Waals surface area contributed by atoms with E-state index in [1.54, 1.807) is 12.1 Å². The smallest absolute Gasteiger partial charge is 0.494 e. The molecule has 0 spiro atoms. The van der Waals surface area contributed by atoms with Crippen LogP contribution in [0, 0.1) is 0 Å². The summed E-state index contributed by atoms with van der Waals surface area (Å²) in [5.74, 6) is -0.231. The van der Waals surface area contributed by atoms with Crippen LogP contribution in [-0.4, -0.2) is 29.6 Å². The zero-order valence-corrected chi connectivity index (χ0v) is 11.5. The number of benzene rings is 1. The molecule has 0 aromatic heterocycles. The molecule has 0 bridgehead atoms. The summed E-state index contributed by atoms with van der Waals surface area (Å²) in [7, 11) is 0. The van der Waals surface area contributed by atoms with Gasteiger partial charge in [-0.15, -0.1) is 0 Å². The lowest BCUT2D eigenvalue weighted by Crippen LogP contribution is -2.33. The number of rotatable bonds is 5. The molecule has 7 nitrogen and oxygen atoms in total. The molecule has 2 rings (SSSR count). The SMILES string of the molecule is CCCOc1ccc(OC(=O)ON2C(=O)CCC2=O)cc1. The van der Waals surface area contributed by atoms with E-state index in [0.717, 1.165) is 6.42 Å². The highest BCUT2D eigenvalue weighted by atomic mass is 16.8. The van der Waals surface area contributed by atoms with Gasteiger partial charge in [-0.05, 0) is 30.7 Å². The summed E-state index contributed by atoms with van der Waals surface area (Å²) in [4.78, 5) is 38.6. The minimum atomic E-state index is -1.14. The molecule has 0 unspecified atom stereocenters. The summed E-state index contributed by atoms with van der Waals surface area (Å²) in [6.45, 7) is 2.59. The lowest BCUT2D eigenvalue weighted by molar-refractivity contribution is -0.174. The van der Waals surface area contributed by atoms with Crippen LogP contribution in [0.2, 0.25) is 0 Å². The zero-order chi connectivity index (χ0) is 15.2. The summed E-state index contributed by atoms with van der Waals surface area (Å²) >= 11 is 0. The van der Waals surface area contributed by atoms with Crippen LogP contribution >= 0.6 is 0 Å². The zero-order valence-electron chi connectivity index (χ0n) is 11.5. The Balaban J connectivity index is 1.87. The van der Waals surface area contributed by atoms with Crippen molar-refractivity contribution in [2.45, 2.75) is 26.2 Å². The van der Waals surface area contributed by atoms with Crippen LogP contribution in [0.1, 0.15) is 26.2 Å². The van der Waals surface area contributed by atoms with E-state index in [1.165, 1.54) is 12.1 Å². The van der Waals surface area contributed by atoms with Gasteiger partial charge in [0.2, 0.25) is 0 Å². The van der Waals surface area contributed by atoms with Crippen molar-refractivity contribution >= 4 is 18.0 Å². The summed E-state index contributed by atoms with van der Waals surface area (Å²) < 4.78 is 10.3. The van der Waals surface area contributed by atoms with Gasteiger partial charge in [0.15, 0.2) is 0 Å². The van der Waals surface area contributed by atoms with Crippen molar-refractivity contribution in [3.63, 3.8) is 0 Å². The second-order valence-electron chi connectivity index (χ2n) is 4.35. The van der Waals surface area contributed by atoms with Gasteiger partial charge in [0.05, 0.1) is 6.61 Å². The Morgan fingerprint density at radius 2 is 1.67 bits per heavy atom. The highest BCUT2D eigenvalue weighted by Crippen LogP contribution is 2.19. The molecule has 1 aliphatic rings. The minimum absolute atomic E-state index is 0.0373. The number of nitrogens with zero attached hydrogens (tertiary/aromatic N) is 1. The van der Waals surface area contributed by atoms with Crippen molar-refractivity contribution in [3.8, 4) is 11.5 Å². The number of carbonyl (C=O) groups is 3. The highest BCUT2D eigenvalue weighted by molar-refractivity contribution is 6.01. The Morgan fingerprint density at radius 3 is 2.24 bits per heavy atom. The molecule has 1 fully saturated rings. The molecule has 21 heavy (non-hydrogen) atoms. The normalized spacial score (nSPS) is 14.2. The Bertz CT molecular complexity index is 523. The number of carbonyl (C=O) groups excluding carboxylic acids is 3. The van der Waals surface area contributed by atoms with Crippen molar-refractivity contribution in [2.75, 3.05) is 6.61 Å². The van der Waals surface area contributed by atoms with Crippen LogP contribution < -0.4 is 9.47 Å². The standard InChI is InChI=1S/C14H15NO6/c1-2-9-19-10-3-5-11(6-4-10)20-14(18)21-15-12(16)7-8-13(15)17/h3-6H,2,7-9H2,1H3. The van der Waals surface area contributed by atoms with Crippen molar-refractivity contribution < 1.29 is 28.7 Å². The number of amides is 2. The van der Waals surface area contributed by atoms with Crippen LogP contribution in [0.3, 0.4) is 0 Å². The van der Waals surface area contributed by atoms with Crippen LogP contribution in [0.25, 0.3) is 0 Å².